The quantitative estimate of drug-likeness (QED) is 0.243. The van der Waals surface area contributed by atoms with E-state index in [1.807, 2.05) is 20.2 Å². The molecule has 0 aromatic rings. The molecule has 0 atom stereocenters. The lowest BCUT2D eigenvalue weighted by Crippen LogP contribution is -2.45. The van der Waals surface area contributed by atoms with Crippen molar-refractivity contribution < 1.29 is 4.84 Å². The number of aliphatic imine (C=N–C) groups is 2. The molecule has 0 radical (unpaired) electrons. The van der Waals surface area contributed by atoms with Crippen LogP contribution in [0.15, 0.2) is 34.1 Å². The Bertz CT molecular complexity index is 395. The van der Waals surface area contributed by atoms with Crippen LogP contribution in [0.4, 0.5) is 0 Å². The van der Waals surface area contributed by atoms with Crippen LogP contribution in [-0.2, 0) is 4.84 Å². The Balaban J connectivity index is 2.30. The molecule has 0 aliphatic carbocycles. The number of likely N-dealkylation sites (N-methyl/N-ethyl adjacent to an activating group) is 1. The maximum Gasteiger partial charge on any atom is 0.123 e. The van der Waals surface area contributed by atoms with Crippen LogP contribution in [0.25, 0.3) is 0 Å². The zero-order valence-electron chi connectivity index (χ0n) is 13.4. The van der Waals surface area contributed by atoms with Crippen LogP contribution < -0.4 is 5.48 Å². The molecule has 0 saturated carbocycles. The Morgan fingerprint density at radius 3 is 2.62 bits per heavy atom. The van der Waals surface area contributed by atoms with Gasteiger partial charge in [0, 0.05) is 38.8 Å². The molecule has 1 saturated heterocycles. The van der Waals surface area contributed by atoms with Crippen molar-refractivity contribution in [3.8, 4) is 0 Å². The molecule has 1 heterocycles. The summed E-state index contributed by atoms with van der Waals surface area (Å²) in [6.45, 7) is 15.9. The van der Waals surface area contributed by atoms with Crippen LogP contribution in [0.1, 0.15) is 20.8 Å². The number of piperazine rings is 1. The summed E-state index contributed by atoms with van der Waals surface area (Å²) in [5.41, 5.74) is 3.38. The monoisotopic (exact) mass is 293 g/mol. The Morgan fingerprint density at radius 1 is 1.29 bits per heavy atom. The molecule has 0 unspecified atom stereocenters. The number of rotatable bonds is 8. The number of hydrogen-bond acceptors (Lipinski definition) is 4. The van der Waals surface area contributed by atoms with E-state index in [-0.39, 0.29) is 0 Å². The predicted octanol–water partition coefficient (Wildman–Crippen LogP) is 1.64. The van der Waals surface area contributed by atoms with E-state index in [2.05, 4.69) is 38.8 Å². The van der Waals surface area contributed by atoms with Gasteiger partial charge in [0.25, 0.3) is 0 Å². The van der Waals surface area contributed by atoms with Gasteiger partial charge in [-0.05, 0) is 20.4 Å². The number of hydroxylamine groups is 1. The zero-order valence-corrected chi connectivity index (χ0v) is 13.4. The Kier molecular flexibility index (Phi) is 8.38. The van der Waals surface area contributed by atoms with E-state index in [1.165, 1.54) is 6.34 Å². The number of allylic oxidation sites excluding steroid dienone is 2. The minimum absolute atomic E-state index is 0.610. The number of nitrogens with zero attached hydrogens (tertiary/aromatic N) is 4. The minimum Gasteiger partial charge on any atom is -0.413 e. The normalized spacial score (nSPS) is 17.9. The second-order valence-electron chi connectivity index (χ2n) is 4.83. The second kappa shape index (κ2) is 10.1. The van der Waals surface area contributed by atoms with E-state index in [1.54, 1.807) is 6.08 Å². The van der Waals surface area contributed by atoms with Crippen molar-refractivity contribution in [2.75, 3.05) is 39.3 Å². The largest absolute Gasteiger partial charge is 0.413 e. The first-order chi connectivity index (χ1) is 10.2. The molecule has 6 heteroatoms. The van der Waals surface area contributed by atoms with E-state index in [0.29, 0.717) is 5.70 Å². The lowest BCUT2D eigenvalue weighted by atomic mass is 10.3. The number of nitrogens with one attached hydrogen (secondary N) is 1. The summed E-state index contributed by atoms with van der Waals surface area (Å²) in [6, 6.07) is 0. The highest BCUT2D eigenvalue weighted by Gasteiger charge is 2.11. The highest BCUT2D eigenvalue weighted by molar-refractivity contribution is 5.71. The maximum atomic E-state index is 5.21. The first-order valence-electron chi connectivity index (χ1n) is 7.44. The van der Waals surface area contributed by atoms with E-state index < -0.39 is 0 Å². The van der Waals surface area contributed by atoms with E-state index in [9.17, 15) is 0 Å². The highest BCUT2D eigenvalue weighted by atomic mass is 16.6. The van der Waals surface area contributed by atoms with Crippen LogP contribution in [0.3, 0.4) is 0 Å². The van der Waals surface area contributed by atoms with E-state index in [4.69, 9.17) is 4.84 Å². The van der Waals surface area contributed by atoms with Crippen LogP contribution in [0.2, 0.25) is 0 Å². The zero-order chi connectivity index (χ0) is 15.5. The summed E-state index contributed by atoms with van der Waals surface area (Å²) >= 11 is 0. The van der Waals surface area contributed by atoms with Gasteiger partial charge in [-0.1, -0.05) is 13.5 Å². The van der Waals surface area contributed by atoms with Crippen molar-refractivity contribution in [3.63, 3.8) is 0 Å². The molecular formula is C15H27N5O. The third-order valence-corrected chi connectivity index (χ3v) is 3.12. The molecule has 0 bridgehead atoms. The van der Waals surface area contributed by atoms with Crippen molar-refractivity contribution in [3.05, 3.63) is 24.1 Å². The highest BCUT2D eigenvalue weighted by Crippen LogP contribution is 2.01. The summed E-state index contributed by atoms with van der Waals surface area (Å²) in [4.78, 5) is 18.2. The topological polar surface area (TPSA) is 52.5 Å². The van der Waals surface area contributed by atoms with Crippen molar-refractivity contribution in [1.82, 2.24) is 15.3 Å². The van der Waals surface area contributed by atoms with E-state index >= 15 is 0 Å². The van der Waals surface area contributed by atoms with Gasteiger partial charge in [0.1, 0.15) is 12.1 Å². The Labute approximate surface area is 127 Å². The molecule has 118 valence electrons. The molecule has 6 nitrogen and oxygen atoms in total. The number of hydrogen-bond donors (Lipinski definition) is 1. The van der Waals surface area contributed by atoms with E-state index in [0.717, 1.165) is 45.0 Å². The van der Waals surface area contributed by atoms with Crippen LogP contribution in [0.5, 0.6) is 0 Å². The molecule has 1 aliphatic heterocycles. The average Bonchev–Trinajstić information content (AvgIpc) is 2.50. The van der Waals surface area contributed by atoms with Crippen LogP contribution >= 0.6 is 0 Å². The summed E-state index contributed by atoms with van der Waals surface area (Å²) in [5, 5.41) is 0. The fraction of sp³-hybridized carbons (Fsp3) is 0.600. The van der Waals surface area contributed by atoms with Gasteiger partial charge in [-0.2, -0.15) is 5.48 Å². The molecule has 1 aliphatic rings. The molecule has 0 spiro atoms. The Hall–Kier alpha value is -1.66. The molecule has 21 heavy (non-hydrogen) atoms. The molecule has 1 fully saturated rings. The van der Waals surface area contributed by atoms with Gasteiger partial charge >= 0.3 is 0 Å². The van der Waals surface area contributed by atoms with Crippen LogP contribution in [-0.4, -0.2) is 61.7 Å². The summed E-state index contributed by atoms with van der Waals surface area (Å²) in [7, 11) is 0. The first kappa shape index (κ1) is 17.4. The lowest BCUT2D eigenvalue weighted by molar-refractivity contribution is 0.111. The van der Waals surface area contributed by atoms with Gasteiger partial charge < -0.3 is 14.6 Å². The third-order valence-electron chi connectivity index (χ3n) is 3.12. The van der Waals surface area contributed by atoms with Gasteiger partial charge in [-0.15, -0.1) is 0 Å². The second-order valence-corrected chi connectivity index (χ2v) is 4.83. The smallest absolute Gasteiger partial charge is 0.123 e. The first-order valence-corrected chi connectivity index (χ1v) is 7.44. The SMILES string of the molecule is C=C(/C=C(\C)ONCC)/N=C\N=C\N1CCN(CC)CC1. The molecule has 0 amide bonds. The third kappa shape index (κ3) is 7.63. The molecular weight excluding hydrogens is 266 g/mol. The van der Waals surface area contributed by atoms with Crippen molar-refractivity contribution >= 4 is 12.7 Å². The van der Waals surface area contributed by atoms with Gasteiger partial charge in [0.05, 0.1) is 12.0 Å². The summed E-state index contributed by atoms with van der Waals surface area (Å²) in [6.07, 6.45) is 5.12. The fourth-order valence-corrected chi connectivity index (χ4v) is 1.91. The maximum absolute atomic E-state index is 5.21. The summed E-state index contributed by atoms with van der Waals surface area (Å²) in [5.74, 6) is 0.721. The lowest BCUT2D eigenvalue weighted by Gasteiger charge is -2.32. The summed E-state index contributed by atoms with van der Waals surface area (Å²) < 4.78 is 0. The van der Waals surface area contributed by atoms with Gasteiger partial charge in [-0.25, -0.2) is 9.98 Å². The fourth-order valence-electron chi connectivity index (χ4n) is 1.91. The van der Waals surface area contributed by atoms with Gasteiger partial charge in [0.2, 0.25) is 0 Å². The molecule has 0 aromatic heterocycles. The van der Waals surface area contributed by atoms with Crippen molar-refractivity contribution in [2.45, 2.75) is 20.8 Å². The molecule has 1 N–H and O–H groups in total. The molecule has 1 rings (SSSR count). The van der Waals surface area contributed by atoms with Crippen LogP contribution in [0, 0.1) is 0 Å². The molecule has 0 aromatic carbocycles. The standard InChI is InChI=1S/C15H27N5O/c1-5-18-21-15(4)11-14(3)17-12-16-13-20-9-7-19(6-2)8-10-20/h11-13,18H,3,5-10H2,1-2,4H3/b15-11+,16-13+,17-12-. The predicted molar refractivity (Wildman–Crippen MR) is 88.3 cm³/mol. The van der Waals surface area contributed by atoms with Gasteiger partial charge in [0.15, 0.2) is 0 Å². The minimum atomic E-state index is 0.610. The Morgan fingerprint density at radius 2 is 2.00 bits per heavy atom. The van der Waals surface area contributed by atoms with Gasteiger partial charge in [-0.3, -0.25) is 0 Å². The van der Waals surface area contributed by atoms with Crippen molar-refractivity contribution in [2.24, 2.45) is 9.98 Å². The average molecular weight is 293 g/mol. The van der Waals surface area contributed by atoms with Crippen molar-refractivity contribution in [1.29, 1.82) is 0 Å².